The Bertz CT molecular complexity index is 878. The number of amides is 1. The molecule has 3 rings (SSSR count). The minimum Gasteiger partial charge on any atom is -0.497 e. The van der Waals surface area contributed by atoms with Crippen LogP contribution >= 0.6 is 0 Å². The molecule has 1 aromatic carbocycles. The van der Waals surface area contributed by atoms with Gasteiger partial charge >= 0.3 is 0 Å². The SMILES string of the molecule is COc1ccc(OC)c(NC(=O)c2cc(NCc3ccco3)ccn2)c1. The minimum atomic E-state index is -0.349. The van der Waals surface area contributed by atoms with E-state index in [2.05, 4.69) is 15.6 Å². The van der Waals surface area contributed by atoms with Crippen LogP contribution in [0.3, 0.4) is 0 Å². The van der Waals surface area contributed by atoms with Crippen LogP contribution in [0.25, 0.3) is 0 Å². The first-order valence-corrected chi connectivity index (χ1v) is 7.95. The lowest BCUT2D eigenvalue weighted by Gasteiger charge is -2.12. The number of carbonyl (C=O) groups excluding carboxylic acids is 1. The molecule has 2 N–H and O–H groups in total. The number of aromatic nitrogens is 1. The summed E-state index contributed by atoms with van der Waals surface area (Å²) in [6.07, 6.45) is 3.19. The lowest BCUT2D eigenvalue weighted by Crippen LogP contribution is -2.14. The molecule has 0 aliphatic heterocycles. The van der Waals surface area contributed by atoms with Crippen molar-refractivity contribution in [3.05, 3.63) is 66.4 Å². The fraction of sp³-hybridized carbons (Fsp3) is 0.158. The van der Waals surface area contributed by atoms with Crippen LogP contribution in [0.5, 0.6) is 11.5 Å². The Morgan fingerprint density at radius 2 is 2.04 bits per heavy atom. The zero-order chi connectivity index (χ0) is 18.4. The highest BCUT2D eigenvalue weighted by molar-refractivity contribution is 6.04. The summed E-state index contributed by atoms with van der Waals surface area (Å²) < 4.78 is 15.7. The van der Waals surface area contributed by atoms with Gasteiger partial charge in [-0.2, -0.15) is 0 Å². The van der Waals surface area contributed by atoms with Gasteiger partial charge in [0.15, 0.2) is 0 Å². The Hall–Kier alpha value is -3.48. The van der Waals surface area contributed by atoms with Gasteiger partial charge in [-0.15, -0.1) is 0 Å². The van der Waals surface area contributed by atoms with Crippen molar-refractivity contribution in [1.82, 2.24) is 4.98 Å². The Balaban J connectivity index is 1.73. The standard InChI is InChI=1S/C19H19N3O4/c1-24-14-5-6-18(25-2)16(11-14)22-19(23)17-10-13(7-8-20-17)21-12-15-4-3-9-26-15/h3-11H,12H2,1-2H3,(H,20,21)(H,22,23). The normalized spacial score (nSPS) is 10.2. The first kappa shape index (κ1) is 17.3. The van der Waals surface area contributed by atoms with Crippen molar-refractivity contribution in [2.45, 2.75) is 6.54 Å². The highest BCUT2D eigenvalue weighted by Crippen LogP contribution is 2.29. The van der Waals surface area contributed by atoms with Gasteiger partial charge in [-0.05, 0) is 36.4 Å². The molecule has 0 atom stereocenters. The molecule has 7 heteroatoms. The van der Waals surface area contributed by atoms with Crippen molar-refractivity contribution in [3.63, 3.8) is 0 Å². The van der Waals surface area contributed by atoms with Gasteiger partial charge in [0.05, 0.1) is 32.7 Å². The Morgan fingerprint density at radius 1 is 1.15 bits per heavy atom. The summed E-state index contributed by atoms with van der Waals surface area (Å²) in [5.74, 6) is 1.60. The molecule has 0 fully saturated rings. The summed E-state index contributed by atoms with van der Waals surface area (Å²) in [6, 6.07) is 12.3. The van der Waals surface area contributed by atoms with E-state index in [9.17, 15) is 4.79 Å². The zero-order valence-electron chi connectivity index (χ0n) is 14.5. The van der Waals surface area contributed by atoms with Crippen molar-refractivity contribution in [2.75, 3.05) is 24.9 Å². The van der Waals surface area contributed by atoms with Crippen LogP contribution < -0.4 is 20.1 Å². The van der Waals surface area contributed by atoms with Gasteiger partial charge in [0.25, 0.3) is 5.91 Å². The van der Waals surface area contributed by atoms with Gasteiger partial charge in [-0.3, -0.25) is 9.78 Å². The average Bonchev–Trinajstić information content (AvgIpc) is 3.20. The first-order valence-electron chi connectivity index (χ1n) is 7.95. The number of furan rings is 1. The molecule has 0 aliphatic rings. The second-order valence-electron chi connectivity index (χ2n) is 5.38. The van der Waals surface area contributed by atoms with Gasteiger partial charge in [0, 0.05) is 18.0 Å². The predicted octanol–water partition coefficient (Wildman–Crippen LogP) is 3.56. The van der Waals surface area contributed by atoms with Crippen LogP contribution in [0.2, 0.25) is 0 Å². The number of carbonyl (C=O) groups is 1. The lowest BCUT2D eigenvalue weighted by molar-refractivity contribution is 0.102. The van der Waals surface area contributed by atoms with E-state index in [4.69, 9.17) is 13.9 Å². The van der Waals surface area contributed by atoms with E-state index in [1.54, 1.807) is 49.9 Å². The molecule has 0 saturated carbocycles. The maximum absolute atomic E-state index is 12.6. The van der Waals surface area contributed by atoms with Crippen molar-refractivity contribution in [2.24, 2.45) is 0 Å². The quantitative estimate of drug-likeness (QED) is 0.675. The van der Waals surface area contributed by atoms with Crippen molar-refractivity contribution in [3.8, 4) is 11.5 Å². The summed E-state index contributed by atoms with van der Waals surface area (Å²) >= 11 is 0. The molecule has 0 bridgehead atoms. The minimum absolute atomic E-state index is 0.277. The predicted molar refractivity (Wildman–Crippen MR) is 97.8 cm³/mol. The number of hydrogen-bond acceptors (Lipinski definition) is 6. The van der Waals surface area contributed by atoms with Gasteiger partial charge in [-0.1, -0.05) is 0 Å². The molecule has 0 spiro atoms. The van der Waals surface area contributed by atoms with Gasteiger partial charge in [0.1, 0.15) is 23.0 Å². The van der Waals surface area contributed by atoms with E-state index in [0.717, 1.165) is 11.4 Å². The topological polar surface area (TPSA) is 85.6 Å². The van der Waals surface area contributed by atoms with E-state index in [-0.39, 0.29) is 11.6 Å². The van der Waals surface area contributed by atoms with Gasteiger partial charge < -0.3 is 24.5 Å². The number of hydrogen-bond donors (Lipinski definition) is 2. The number of anilines is 2. The Labute approximate surface area is 151 Å². The highest BCUT2D eigenvalue weighted by Gasteiger charge is 2.13. The van der Waals surface area contributed by atoms with Crippen LogP contribution in [-0.2, 0) is 6.54 Å². The molecule has 0 unspecified atom stereocenters. The van der Waals surface area contributed by atoms with E-state index in [0.29, 0.717) is 23.7 Å². The number of nitrogens with one attached hydrogen (secondary N) is 2. The molecule has 0 saturated heterocycles. The van der Waals surface area contributed by atoms with Crippen molar-refractivity contribution in [1.29, 1.82) is 0 Å². The van der Waals surface area contributed by atoms with Crippen LogP contribution in [0.4, 0.5) is 11.4 Å². The van der Waals surface area contributed by atoms with Crippen LogP contribution in [0.1, 0.15) is 16.2 Å². The Morgan fingerprint density at radius 3 is 2.77 bits per heavy atom. The number of ether oxygens (including phenoxy) is 2. The van der Waals surface area contributed by atoms with Gasteiger partial charge in [0.2, 0.25) is 0 Å². The van der Waals surface area contributed by atoms with Crippen molar-refractivity contribution < 1.29 is 18.7 Å². The monoisotopic (exact) mass is 353 g/mol. The number of pyridine rings is 1. The van der Waals surface area contributed by atoms with E-state index >= 15 is 0 Å². The molecule has 2 aromatic heterocycles. The lowest BCUT2D eigenvalue weighted by atomic mass is 10.2. The maximum atomic E-state index is 12.6. The molecule has 0 radical (unpaired) electrons. The van der Waals surface area contributed by atoms with Crippen LogP contribution in [0, 0.1) is 0 Å². The molecule has 1 amide bonds. The van der Waals surface area contributed by atoms with E-state index in [1.165, 1.54) is 7.11 Å². The second kappa shape index (κ2) is 8.06. The molecular formula is C19H19N3O4. The average molecular weight is 353 g/mol. The smallest absolute Gasteiger partial charge is 0.274 e. The molecular weight excluding hydrogens is 334 g/mol. The third kappa shape index (κ3) is 4.13. The van der Waals surface area contributed by atoms with E-state index < -0.39 is 0 Å². The first-order chi connectivity index (χ1) is 12.7. The van der Waals surface area contributed by atoms with Gasteiger partial charge in [-0.25, -0.2) is 0 Å². The highest BCUT2D eigenvalue weighted by atomic mass is 16.5. The summed E-state index contributed by atoms with van der Waals surface area (Å²) in [7, 11) is 3.10. The largest absolute Gasteiger partial charge is 0.497 e. The summed E-state index contributed by atoms with van der Waals surface area (Å²) in [6.45, 7) is 0.516. The summed E-state index contributed by atoms with van der Waals surface area (Å²) in [4.78, 5) is 16.7. The number of benzene rings is 1. The van der Waals surface area contributed by atoms with Crippen LogP contribution in [-0.4, -0.2) is 25.1 Å². The van der Waals surface area contributed by atoms with Crippen molar-refractivity contribution >= 4 is 17.3 Å². The molecule has 0 aliphatic carbocycles. The molecule has 3 aromatic rings. The maximum Gasteiger partial charge on any atom is 0.274 e. The summed E-state index contributed by atoms with van der Waals surface area (Å²) in [5, 5.41) is 5.99. The number of rotatable bonds is 7. The number of methoxy groups -OCH3 is 2. The molecule has 7 nitrogen and oxygen atoms in total. The fourth-order valence-corrected chi connectivity index (χ4v) is 2.37. The fourth-order valence-electron chi connectivity index (χ4n) is 2.37. The third-order valence-corrected chi connectivity index (χ3v) is 3.69. The molecule has 134 valence electrons. The number of nitrogens with zero attached hydrogens (tertiary/aromatic N) is 1. The molecule has 2 heterocycles. The van der Waals surface area contributed by atoms with Crippen LogP contribution in [0.15, 0.2) is 59.3 Å². The zero-order valence-corrected chi connectivity index (χ0v) is 14.5. The van der Waals surface area contributed by atoms with E-state index in [1.807, 2.05) is 12.1 Å². The Kier molecular flexibility index (Phi) is 5.38. The molecule has 26 heavy (non-hydrogen) atoms. The second-order valence-corrected chi connectivity index (χ2v) is 5.38. The third-order valence-electron chi connectivity index (χ3n) is 3.69. The summed E-state index contributed by atoms with van der Waals surface area (Å²) in [5.41, 5.74) is 1.55.